The molecule has 0 amide bonds. The van der Waals surface area contributed by atoms with Crippen molar-refractivity contribution in [3.05, 3.63) is 63.4 Å². The van der Waals surface area contributed by atoms with E-state index < -0.39 is 0 Å². The zero-order valence-electron chi connectivity index (χ0n) is 23.5. The molecule has 208 valence electrons. The molecule has 10 nitrogen and oxygen atoms in total. The summed E-state index contributed by atoms with van der Waals surface area (Å²) in [5.74, 6) is 0.487. The monoisotopic (exact) mass is 559 g/mol. The van der Waals surface area contributed by atoms with E-state index in [9.17, 15) is 4.79 Å². The Morgan fingerprint density at radius 3 is 2.60 bits per heavy atom. The van der Waals surface area contributed by atoms with Gasteiger partial charge in [0.1, 0.15) is 17.2 Å². The number of nitrogens with one attached hydrogen (secondary N) is 1. The minimum Gasteiger partial charge on any atom is -0.377 e. The minimum absolute atomic E-state index is 0.0117. The maximum atomic E-state index is 13.8. The van der Waals surface area contributed by atoms with Crippen LogP contribution in [0.3, 0.4) is 0 Å². The number of halogens is 1. The maximum Gasteiger partial charge on any atom is 0.260 e. The molecule has 0 radical (unpaired) electrons. The second kappa shape index (κ2) is 10.3. The van der Waals surface area contributed by atoms with Crippen molar-refractivity contribution in [2.24, 2.45) is 7.05 Å². The molecule has 0 aliphatic carbocycles. The van der Waals surface area contributed by atoms with Gasteiger partial charge >= 0.3 is 0 Å². The summed E-state index contributed by atoms with van der Waals surface area (Å²) in [6.07, 6.45) is 5.86. The Bertz CT molecular complexity index is 1780. The van der Waals surface area contributed by atoms with E-state index in [4.69, 9.17) is 16.7 Å². The van der Waals surface area contributed by atoms with E-state index in [1.54, 1.807) is 21.6 Å². The van der Waals surface area contributed by atoms with Gasteiger partial charge in [0.15, 0.2) is 5.65 Å². The van der Waals surface area contributed by atoms with Crippen LogP contribution in [0.5, 0.6) is 0 Å². The number of pyridine rings is 2. The van der Waals surface area contributed by atoms with Crippen molar-refractivity contribution in [2.45, 2.75) is 52.2 Å². The molecule has 1 unspecified atom stereocenters. The van der Waals surface area contributed by atoms with Gasteiger partial charge in [-0.2, -0.15) is 5.10 Å². The van der Waals surface area contributed by atoms with Crippen LogP contribution in [0.4, 0.5) is 5.69 Å². The molecule has 40 heavy (non-hydrogen) atoms. The number of nitrogens with zero attached hydrogens (tertiary/aromatic N) is 8. The second-order valence-electron chi connectivity index (χ2n) is 10.8. The molecule has 0 bridgehead atoms. The molecule has 1 N–H and O–H groups in total. The van der Waals surface area contributed by atoms with Gasteiger partial charge in [-0.3, -0.25) is 18.7 Å². The van der Waals surface area contributed by atoms with Crippen molar-refractivity contribution in [1.82, 2.24) is 39.0 Å². The molecule has 0 saturated carbocycles. The predicted molar refractivity (Wildman–Crippen MR) is 159 cm³/mol. The summed E-state index contributed by atoms with van der Waals surface area (Å²) in [5.41, 5.74) is 4.12. The second-order valence-corrected chi connectivity index (χ2v) is 11.2. The van der Waals surface area contributed by atoms with E-state index in [0.717, 1.165) is 59.2 Å². The van der Waals surface area contributed by atoms with E-state index in [0.29, 0.717) is 34.6 Å². The number of hydrogen-bond acceptors (Lipinski definition) is 7. The fourth-order valence-electron chi connectivity index (χ4n) is 5.85. The number of likely N-dealkylation sites (tertiary alicyclic amines) is 1. The van der Waals surface area contributed by atoms with E-state index in [2.05, 4.69) is 56.2 Å². The Kier molecular flexibility index (Phi) is 6.83. The van der Waals surface area contributed by atoms with Crippen molar-refractivity contribution < 1.29 is 0 Å². The Morgan fingerprint density at radius 2 is 1.90 bits per heavy atom. The van der Waals surface area contributed by atoms with Crippen LogP contribution >= 0.6 is 11.6 Å². The number of benzene rings is 1. The lowest BCUT2D eigenvalue weighted by Crippen LogP contribution is -2.31. The largest absolute Gasteiger partial charge is 0.377 e. The third-order valence-electron chi connectivity index (χ3n) is 7.92. The minimum atomic E-state index is -0.167. The van der Waals surface area contributed by atoms with E-state index in [1.165, 1.54) is 0 Å². The molecule has 11 heteroatoms. The number of hydrogen-bond donors (Lipinski definition) is 1. The summed E-state index contributed by atoms with van der Waals surface area (Å²) in [7, 11) is 3.97. The number of anilines is 1. The Hall–Kier alpha value is -3.76. The van der Waals surface area contributed by atoms with Crippen LogP contribution in [-0.4, -0.2) is 59.1 Å². The van der Waals surface area contributed by atoms with Crippen LogP contribution in [0.15, 0.2) is 41.6 Å². The van der Waals surface area contributed by atoms with Gasteiger partial charge in [-0.1, -0.05) is 17.7 Å². The van der Waals surface area contributed by atoms with Gasteiger partial charge in [0.05, 0.1) is 11.7 Å². The molecule has 5 aromatic rings. The van der Waals surface area contributed by atoms with Crippen molar-refractivity contribution in [3.63, 3.8) is 0 Å². The molecule has 0 spiro atoms. The third-order valence-corrected chi connectivity index (χ3v) is 8.13. The molecule has 1 aromatic carbocycles. The van der Waals surface area contributed by atoms with Crippen LogP contribution in [0.1, 0.15) is 49.9 Å². The summed E-state index contributed by atoms with van der Waals surface area (Å²) in [6, 6.07) is 7.95. The van der Waals surface area contributed by atoms with Crippen molar-refractivity contribution >= 4 is 39.1 Å². The highest BCUT2D eigenvalue weighted by molar-refractivity contribution is 6.29. The van der Waals surface area contributed by atoms with E-state index in [1.807, 2.05) is 33.0 Å². The summed E-state index contributed by atoms with van der Waals surface area (Å²) in [5, 5.41) is 16.1. The van der Waals surface area contributed by atoms with Crippen LogP contribution in [0, 0.1) is 6.92 Å². The summed E-state index contributed by atoms with van der Waals surface area (Å²) in [4.78, 5) is 25.1. The zero-order valence-corrected chi connectivity index (χ0v) is 24.3. The Morgan fingerprint density at radius 1 is 1.12 bits per heavy atom. The molecule has 1 atom stereocenters. The Balaban J connectivity index is 1.50. The fourth-order valence-corrected chi connectivity index (χ4v) is 5.99. The first-order valence-electron chi connectivity index (χ1n) is 13.8. The highest BCUT2D eigenvalue weighted by atomic mass is 35.5. The average molecular weight is 560 g/mol. The van der Waals surface area contributed by atoms with E-state index in [-0.39, 0.29) is 11.6 Å². The number of piperidine rings is 1. The Labute approximate surface area is 237 Å². The standard InChI is InChI=1S/C29H34ClN9O/c1-6-38-28-22(15-39(35-28)19-9-11-36(4)12-10-19)25-20(13-17(2)14-21(25)29(38)40)18(3)32-23-7-8-24(30)33-26(23)27-31-16-37(5)34-27/h7-8,13-16,18-19,32H,6,9-12H2,1-5H3. The number of aromatic nitrogens is 7. The highest BCUT2D eigenvalue weighted by Gasteiger charge is 2.24. The molecule has 1 aliphatic rings. The van der Waals surface area contributed by atoms with Crippen LogP contribution in [0.25, 0.3) is 33.3 Å². The third kappa shape index (κ3) is 4.65. The average Bonchev–Trinajstić information content (AvgIpc) is 3.57. The van der Waals surface area contributed by atoms with Gasteiger partial charge in [0.25, 0.3) is 5.56 Å². The lowest BCUT2D eigenvalue weighted by molar-refractivity contribution is 0.213. The first-order valence-corrected chi connectivity index (χ1v) is 14.1. The van der Waals surface area contributed by atoms with Crippen LogP contribution in [0.2, 0.25) is 5.15 Å². The van der Waals surface area contributed by atoms with Crippen LogP contribution in [-0.2, 0) is 13.6 Å². The lowest BCUT2D eigenvalue weighted by Gasteiger charge is -2.28. The molecule has 6 rings (SSSR count). The quantitative estimate of drug-likeness (QED) is 0.293. The van der Waals surface area contributed by atoms with Crippen molar-refractivity contribution in [3.8, 4) is 11.5 Å². The van der Waals surface area contributed by atoms with Gasteiger partial charge in [-0.05, 0) is 83.1 Å². The highest BCUT2D eigenvalue weighted by Crippen LogP contribution is 2.35. The van der Waals surface area contributed by atoms with Gasteiger partial charge in [-0.15, -0.1) is 5.10 Å². The van der Waals surface area contributed by atoms with Gasteiger partial charge in [0.2, 0.25) is 5.82 Å². The molecule has 4 aromatic heterocycles. The number of fused-ring (bicyclic) bond motifs is 3. The first kappa shape index (κ1) is 26.5. The van der Waals surface area contributed by atoms with Gasteiger partial charge < -0.3 is 10.2 Å². The van der Waals surface area contributed by atoms with Crippen molar-refractivity contribution in [1.29, 1.82) is 0 Å². The normalized spacial score (nSPS) is 15.8. The van der Waals surface area contributed by atoms with Gasteiger partial charge in [-0.25, -0.2) is 9.97 Å². The van der Waals surface area contributed by atoms with Crippen LogP contribution < -0.4 is 10.9 Å². The molecule has 1 saturated heterocycles. The topological polar surface area (TPSA) is 98.7 Å². The lowest BCUT2D eigenvalue weighted by atomic mass is 9.95. The molecule has 5 heterocycles. The summed E-state index contributed by atoms with van der Waals surface area (Å²) in [6.45, 7) is 8.76. The van der Waals surface area contributed by atoms with E-state index >= 15 is 0 Å². The molecular formula is C29H34ClN9O. The van der Waals surface area contributed by atoms with Crippen molar-refractivity contribution in [2.75, 3.05) is 25.5 Å². The molecular weight excluding hydrogens is 526 g/mol. The maximum absolute atomic E-state index is 13.8. The first-order chi connectivity index (χ1) is 19.2. The molecule has 1 fully saturated rings. The smallest absolute Gasteiger partial charge is 0.260 e. The van der Waals surface area contributed by atoms with Gasteiger partial charge in [0, 0.05) is 42.0 Å². The number of rotatable bonds is 6. The zero-order chi connectivity index (χ0) is 28.1. The molecule has 1 aliphatic heterocycles. The summed E-state index contributed by atoms with van der Waals surface area (Å²) < 4.78 is 5.54. The SMILES string of the molecule is CCn1c(=O)c2cc(C)cc(C(C)Nc3ccc(Cl)nc3-c3ncn(C)n3)c2c2cn(C3CCN(C)CC3)nc21. The number of aryl methyl sites for hydroxylation is 3. The predicted octanol–water partition coefficient (Wildman–Crippen LogP) is 4.96. The summed E-state index contributed by atoms with van der Waals surface area (Å²) >= 11 is 6.26. The fraction of sp³-hybridized carbons (Fsp3) is 0.414.